The summed E-state index contributed by atoms with van der Waals surface area (Å²) in [6.07, 6.45) is 0.0523. The minimum Gasteiger partial charge on any atom is -0.465 e. The fourth-order valence-corrected chi connectivity index (χ4v) is 1.87. The van der Waals surface area contributed by atoms with Gasteiger partial charge in [0.15, 0.2) is 0 Å². The van der Waals surface area contributed by atoms with Gasteiger partial charge in [0.1, 0.15) is 0 Å². The van der Waals surface area contributed by atoms with Crippen molar-refractivity contribution in [3.8, 4) is 0 Å². The number of hydrogen-bond acceptors (Lipinski definition) is 3. The van der Waals surface area contributed by atoms with Crippen LogP contribution in [0.15, 0.2) is 24.3 Å². The van der Waals surface area contributed by atoms with Gasteiger partial charge in [-0.3, -0.25) is 5.32 Å². The maximum absolute atomic E-state index is 10.5. The van der Waals surface area contributed by atoms with Crippen molar-refractivity contribution in [1.29, 1.82) is 0 Å². The lowest BCUT2D eigenvalue weighted by atomic mass is 10.2. The number of hydrogen-bond donors (Lipinski definition) is 3. The second-order valence-electron chi connectivity index (χ2n) is 4.31. The molecule has 5 heteroatoms. The molecule has 0 aliphatic rings. The Hall–Kier alpha value is -1.75. The molecule has 0 bridgehead atoms. The maximum atomic E-state index is 10.5. The van der Waals surface area contributed by atoms with Crippen LogP contribution in [0, 0.1) is 0 Å². The fourth-order valence-electron chi connectivity index (χ4n) is 1.87. The summed E-state index contributed by atoms with van der Waals surface area (Å²) in [7, 11) is 0. The minimum absolute atomic E-state index is 0.584. The Morgan fingerprint density at radius 2 is 1.74 bits per heavy atom. The molecule has 0 aromatic heterocycles. The summed E-state index contributed by atoms with van der Waals surface area (Å²) in [6.45, 7) is 8.54. The zero-order chi connectivity index (χ0) is 14.1. The monoisotopic (exact) mass is 265 g/mol. The third-order valence-electron chi connectivity index (χ3n) is 3.01. The molecular weight excluding hydrogens is 242 g/mol. The van der Waals surface area contributed by atoms with Crippen molar-refractivity contribution in [2.24, 2.45) is 0 Å². The van der Waals surface area contributed by atoms with Gasteiger partial charge in [-0.25, -0.2) is 4.79 Å². The van der Waals surface area contributed by atoms with Crippen molar-refractivity contribution in [2.45, 2.75) is 20.3 Å². The standard InChI is InChI=1S/C14H23N3O2/c1-3-17(4-2)11-5-10-15-12-6-8-13(9-7-12)16-14(18)19/h6-9,15-16H,3-5,10-11H2,1-2H3,(H,18,19). The van der Waals surface area contributed by atoms with Crippen LogP contribution in [0.1, 0.15) is 20.3 Å². The third-order valence-corrected chi connectivity index (χ3v) is 3.01. The van der Waals surface area contributed by atoms with Gasteiger partial charge in [0, 0.05) is 17.9 Å². The molecule has 0 unspecified atom stereocenters. The van der Waals surface area contributed by atoms with Crippen LogP contribution in [-0.4, -0.2) is 42.3 Å². The smallest absolute Gasteiger partial charge is 0.409 e. The van der Waals surface area contributed by atoms with E-state index in [1.165, 1.54) is 0 Å². The normalized spacial score (nSPS) is 10.5. The second-order valence-corrected chi connectivity index (χ2v) is 4.31. The summed E-state index contributed by atoms with van der Waals surface area (Å²) in [6, 6.07) is 7.26. The van der Waals surface area contributed by atoms with Crippen LogP contribution >= 0.6 is 0 Å². The van der Waals surface area contributed by atoms with Gasteiger partial charge in [0.25, 0.3) is 0 Å². The second kappa shape index (κ2) is 8.37. The minimum atomic E-state index is -1.04. The Morgan fingerprint density at radius 1 is 1.16 bits per heavy atom. The molecule has 1 aromatic carbocycles. The van der Waals surface area contributed by atoms with Crippen molar-refractivity contribution in [2.75, 3.05) is 36.8 Å². The van der Waals surface area contributed by atoms with Crippen LogP contribution in [-0.2, 0) is 0 Å². The quantitative estimate of drug-likeness (QED) is 0.632. The van der Waals surface area contributed by atoms with E-state index in [0.29, 0.717) is 5.69 Å². The van der Waals surface area contributed by atoms with Gasteiger partial charge in [-0.2, -0.15) is 0 Å². The predicted molar refractivity (Wildman–Crippen MR) is 79.0 cm³/mol. The fraction of sp³-hybridized carbons (Fsp3) is 0.500. The van der Waals surface area contributed by atoms with Crippen LogP contribution in [0.25, 0.3) is 0 Å². The highest BCUT2D eigenvalue weighted by Crippen LogP contribution is 2.13. The molecule has 1 rings (SSSR count). The van der Waals surface area contributed by atoms with Gasteiger partial charge in [0.2, 0.25) is 0 Å². The SMILES string of the molecule is CCN(CC)CCCNc1ccc(NC(=O)O)cc1. The molecule has 106 valence electrons. The number of nitrogens with zero attached hydrogens (tertiary/aromatic N) is 1. The molecule has 5 nitrogen and oxygen atoms in total. The van der Waals surface area contributed by atoms with Crippen molar-refractivity contribution in [1.82, 2.24) is 4.90 Å². The molecule has 0 aliphatic carbocycles. The highest BCUT2D eigenvalue weighted by molar-refractivity contribution is 5.83. The Labute approximate surface area is 114 Å². The van der Waals surface area contributed by atoms with Gasteiger partial charge in [-0.1, -0.05) is 13.8 Å². The molecule has 0 aliphatic heterocycles. The molecule has 1 amide bonds. The molecule has 0 fully saturated rings. The van der Waals surface area contributed by atoms with Gasteiger partial charge < -0.3 is 15.3 Å². The van der Waals surface area contributed by atoms with Crippen molar-refractivity contribution < 1.29 is 9.90 Å². The highest BCUT2D eigenvalue weighted by atomic mass is 16.4. The first-order valence-electron chi connectivity index (χ1n) is 6.72. The van der Waals surface area contributed by atoms with Gasteiger partial charge in [-0.05, 0) is 50.3 Å². The van der Waals surface area contributed by atoms with E-state index in [-0.39, 0.29) is 0 Å². The lowest BCUT2D eigenvalue weighted by Gasteiger charge is -2.17. The number of nitrogens with one attached hydrogen (secondary N) is 2. The van der Waals surface area contributed by atoms with Gasteiger partial charge in [-0.15, -0.1) is 0 Å². The average molecular weight is 265 g/mol. The van der Waals surface area contributed by atoms with E-state index >= 15 is 0 Å². The molecule has 1 aromatic rings. The van der Waals surface area contributed by atoms with E-state index in [1.54, 1.807) is 12.1 Å². The first-order valence-corrected chi connectivity index (χ1v) is 6.72. The lowest BCUT2D eigenvalue weighted by Crippen LogP contribution is -2.25. The molecule has 0 heterocycles. The van der Waals surface area contributed by atoms with E-state index in [9.17, 15) is 4.79 Å². The molecule has 0 atom stereocenters. The van der Waals surface area contributed by atoms with Crippen molar-refractivity contribution in [3.63, 3.8) is 0 Å². The zero-order valence-electron chi connectivity index (χ0n) is 11.6. The topological polar surface area (TPSA) is 64.6 Å². The van der Waals surface area contributed by atoms with Crippen molar-refractivity contribution in [3.05, 3.63) is 24.3 Å². The maximum Gasteiger partial charge on any atom is 0.409 e. The Balaban J connectivity index is 2.28. The van der Waals surface area contributed by atoms with E-state index in [2.05, 4.69) is 29.4 Å². The van der Waals surface area contributed by atoms with Crippen LogP contribution in [0.2, 0.25) is 0 Å². The molecule has 0 saturated heterocycles. The van der Waals surface area contributed by atoms with Crippen LogP contribution in [0.5, 0.6) is 0 Å². The Bertz CT molecular complexity index is 375. The summed E-state index contributed by atoms with van der Waals surface area (Å²) < 4.78 is 0. The number of anilines is 2. The first kappa shape index (κ1) is 15.3. The summed E-state index contributed by atoms with van der Waals surface area (Å²) >= 11 is 0. The number of amides is 1. The Kier molecular flexibility index (Phi) is 6.74. The number of carboxylic acid groups (broad SMARTS) is 1. The summed E-state index contributed by atoms with van der Waals surface area (Å²) in [5, 5.41) is 14.2. The number of carbonyl (C=O) groups is 1. The van der Waals surface area contributed by atoms with Gasteiger partial charge in [0.05, 0.1) is 0 Å². The summed E-state index contributed by atoms with van der Waals surface area (Å²) in [5.41, 5.74) is 1.59. The molecule has 0 radical (unpaired) electrons. The molecule has 0 saturated carbocycles. The van der Waals surface area contributed by atoms with Crippen LogP contribution < -0.4 is 10.6 Å². The van der Waals surface area contributed by atoms with Gasteiger partial charge >= 0.3 is 6.09 Å². The van der Waals surface area contributed by atoms with Crippen LogP contribution in [0.4, 0.5) is 16.2 Å². The molecule has 19 heavy (non-hydrogen) atoms. The number of rotatable bonds is 8. The average Bonchev–Trinajstić information content (AvgIpc) is 2.40. The lowest BCUT2D eigenvalue weighted by molar-refractivity contribution is 0.210. The molecule has 3 N–H and O–H groups in total. The van der Waals surface area contributed by atoms with E-state index in [0.717, 1.165) is 38.3 Å². The largest absolute Gasteiger partial charge is 0.465 e. The first-order chi connectivity index (χ1) is 9.15. The molecular formula is C14H23N3O2. The Morgan fingerprint density at radius 3 is 2.26 bits per heavy atom. The van der Waals surface area contributed by atoms with E-state index in [1.807, 2.05) is 12.1 Å². The van der Waals surface area contributed by atoms with E-state index < -0.39 is 6.09 Å². The summed E-state index contributed by atoms with van der Waals surface area (Å²) in [5.74, 6) is 0. The third kappa shape index (κ3) is 6.10. The summed E-state index contributed by atoms with van der Waals surface area (Å²) in [4.78, 5) is 12.8. The molecule has 0 spiro atoms. The highest BCUT2D eigenvalue weighted by Gasteiger charge is 1.99. The predicted octanol–water partition coefficient (Wildman–Crippen LogP) is 2.92. The number of benzene rings is 1. The van der Waals surface area contributed by atoms with E-state index in [4.69, 9.17) is 5.11 Å². The van der Waals surface area contributed by atoms with Crippen LogP contribution in [0.3, 0.4) is 0 Å². The zero-order valence-corrected chi connectivity index (χ0v) is 11.6. The van der Waals surface area contributed by atoms with Crippen molar-refractivity contribution >= 4 is 17.5 Å².